The molecule has 4 rings (SSSR count). The van der Waals surface area contributed by atoms with Crippen molar-refractivity contribution in [3.05, 3.63) is 57.7 Å². The van der Waals surface area contributed by atoms with Gasteiger partial charge >= 0.3 is 0 Å². The van der Waals surface area contributed by atoms with Crippen molar-refractivity contribution < 1.29 is 14.3 Å². The third-order valence-corrected chi connectivity index (χ3v) is 5.78. The van der Waals surface area contributed by atoms with Crippen molar-refractivity contribution in [3.8, 4) is 11.1 Å². The summed E-state index contributed by atoms with van der Waals surface area (Å²) in [5, 5.41) is 15.5. The first-order valence-corrected chi connectivity index (χ1v) is 10.5. The van der Waals surface area contributed by atoms with E-state index in [1.54, 1.807) is 24.3 Å². The Hall–Kier alpha value is -2.71. The van der Waals surface area contributed by atoms with E-state index in [2.05, 4.69) is 5.10 Å². The molecule has 164 valence electrons. The average Bonchev–Trinajstić information content (AvgIpc) is 3.07. The number of carbonyl (C=O) groups is 1. The molecular formula is C22H24ClFN4O3. The number of alkyl halides is 1. The molecule has 1 amide bonds. The summed E-state index contributed by atoms with van der Waals surface area (Å²) in [7, 11) is 0. The number of likely N-dealkylation sites (tertiary alicyclic amines) is 1. The normalized spacial score (nSPS) is 16.5. The highest BCUT2D eigenvalue weighted by Crippen LogP contribution is 2.32. The summed E-state index contributed by atoms with van der Waals surface area (Å²) in [4.78, 5) is 27.2. The van der Waals surface area contributed by atoms with Gasteiger partial charge in [0.2, 0.25) is 5.91 Å². The molecule has 3 heterocycles. The zero-order valence-electron chi connectivity index (χ0n) is 17.5. The topological polar surface area (TPSA) is 79.8 Å². The van der Waals surface area contributed by atoms with Gasteiger partial charge in [0.1, 0.15) is 24.1 Å². The minimum Gasteiger partial charge on any atom is -0.387 e. The Balaban J connectivity index is 1.81. The van der Waals surface area contributed by atoms with E-state index in [4.69, 9.17) is 11.6 Å². The summed E-state index contributed by atoms with van der Waals surface area (Å²) in [5.41, 5.74) is 0.177. The summed E-state index contributed by atoms with van der Waals surface area (Å²) >= 11 is 6.15. The maximum absolute atomic E-state index is 13.7. The molecule has 0 spiro atoms. The van der Waals surface area contributed by atoms with Crippen LogP contribution < -0.4 is 5.56 Å². The number of hydrogen-bond donors (Lipinski definition) is 1. The van der Waals surface area contributed by atoms with Crippen LogP contribution in [-0.2, 0) is 11.3 Å². The van der Waals surface area contributed by atoms with Crippen LogP contribution in [0.5, 0.6) is 0 Å². The molecule has 0 bridgehead atoms. The zero-order chi connectivity index (χ0) is 22.5. The van der Waals surface area contributed by atoms with E-state index in [9.17, 15) is 19.1 Å². The number of carbonyl (C=O) groups excluding carboxylic acids is 1. The lowest BCUT2D eigenvalue weighted by Crippen LogP contribution is -2.60. The summed E-state index contributed by atoms with van der Waals surface area (Å²) in [6.45, 7) is 4.97. The van der Waals surface area contributed by atoms with E-state index < -0.39 is 17.3 Å². The van der Waals surface area contributed by atoms with Crippen molar-refractivity contribution in [1.82, 2.24) is 19.1 Å². The maximum Gasteiger partial charge on any atom is 0.278 e. The van der Waals surface area contributed by atoms with E-state index in [1.165, 1.54) is 27.2 Å². The first-order valence-electron chi connectivity index (χ1n) is 10.1. The average molecular weight is 447 g/mol. The van der Waals surface area contributed by atoms with E-state index in [0.29, 0.717) is 21.8 Å². The molecular weight excluding hydrogens is 423 g/mol. The Bertz CT molecular complexity index is 1210. The number of aliphatic hydroxyl groups excluding tert-OH is 1. The van der Waals surface area contributed by atoms with Crippen molar-refractivity contribution in [2.45, 2.75) is 39.1 Å². The third kappa shape index (κ3) is 3.97. The molecule has 1 unspecified atom stereocenters. The Morgan fingerprint density at radius 1 is 1.32 bits per heavy atom. The number of nitrogens with zero attached hydrogens (tertiary/aromatic N) is 4. The van der Waals surface area contributed by atoms with Crippen molar-refractivity contribution in [2.24, 2.45) is 5.92 Å². The molecule has 7 nitrogen and oxygen atoms in total. The fraction of sp³-hybridized carbons (Fsp3) is 0.409. The predicted octanol–water partition coefficient (Wildman–Crippen LogP) is 3.08. The van der Waals surface area contributed by atoms with Crippen molar-refractivity contribution >= 4 is 23.0 Å². The van der Waals surface area contributed by atoms with E-state index in [1.807, 2.05) is 19.9 Å². The summed E-state index contributed by atoms with van der Waals surface area (Å²) in [6, 6.07) is 8.78. The highest BCUT2D eigenvalue weighted by molar-refractivity contribution is 6.30. The molecule has 1 aliphatic rings. The molecule has 1 aromatic carbocycles. The van der Waals surface area contributed by atoms with Gasteiger partial charge in [0.15, 0.2) is 0 Å². The molecule has 0 saturated carbocycles. The van der Waals surface area contributed by atoms with Crippen molar-refractivity contribution in [1.29, 1.82) is 0 Å². The Morgan fingerprint density at radius 2 is 2.03 bits per heavy atom. The summed E-state index contributed by atoms with van der Waals surface area (Å²) in [6.07, 6.45) is 0.438. The molecule has 1 aliphatic heterocycles. The first kappa shape index (κ1) is 21.5. The zero-order valence-corrected chi connectivity index (χ0v) is 18.3. The first-order chi connectivity index (χ1) is 14.6. The van der Waals surface area contributed by atoms with Gasteiger partial charge in [-0.15, -0.1) is 0 Å². The van der Waals surface area contributed by atoms with E-state index in [0.717, 1.165) is 0 Å². The number of amides is 1. The summed E-state index contributed by atoms with van der Waals surface area (Å²) in [5.74, 6) is -0.445. The van der Waals surface area contributed by atoms with Crippen LogP contribution in [0.25, 0.3) is 16.6 Å². The highest BCUT2D eigenvalue weighted by atomic mass is 35.5. The second-order valence-electron chi connectivity index (χ2n) is 8.67. The van der Waals surface area contributed by atoms with Crippen LogP contribution in [0.3, 0.4) is 0 Å². The van der Waals surface area contributed by atoms with Gasteiger partial charge < -0.3 is 10.0 Å². The Morgan fingerprint density at radius 3 is 2.65 bits per heavy atom. The largest absolute Gasteiger partial charge is 0.387 e. The Kier molecular flexibility index (Phi) is 5.39. The lowest BCUT2D eigenvalue weighted by Gasteiger charge is -2.42. The van der Waals surface area contributed by atoms with Gasteiger partial charge in [-0.2, -0.15) is 5.10 Å². The number of rotatable bonds is 5. The van der Waals surface area contributed by atoms with Gasteiger partial charge in [-0.25, -0.2) is 8.91 Å². The minimum absolute atomic E-state index is 0.0138. The van der Waals surface area contributed by atoms with Gasteiger partial charge in [0.25, 0.3) is 5.56 Å². The monoisotopic (exact) mass is 446 g/mol. The summed E-state index contributed by atoms with van der Waals surface area (Å²) < 4.78 is 16.4. The second kappa shape index (κ2) is 7.76. The third-order valence-electron chi connectivity index (χ3n) is 5.54. The van der Waals surface area contributed by atoms with Crippen LogP contribution in [0, 0.1) is 5.92 Å². The van der Waals surface area contributed by atoms with Gasteiger partial charge in [-0.05, 0) is 36.6 Å². The fourth-order valence-corrected chi connectivity index (χ4v) is 4.06. The van der Waals surface area contributed by atoms with E-state index >= 15 is 0 Å². The van der Waals surface area contributed by atoms with E-state index in [-0.39, 0.29) is 37.0 Å². The van der Waals surface area contributed by atoms with Crippen LogP contribution in [0.15, 0.2) is 41.5 Å². The van der Waals surface area contributed by atoms with Crippen molar-refractivity contribution in [2.75, 3.05) is 13.1 Å². The van der Waals surface area contributed by atoms with Crippen LogP contribution in [0.4, 0.5) is 4.39 Å². The van der Waals surface area contributed by atoms with Gasteiger partial charge in [0, 0.05) is 10.6 Å². The lowest BCUT2D eigenvalue weighted by molar-refractivity contribution is -0.144. The fourth-order valence-electron chi connectivity index (χ4n) is 3.87. The smallest absolute Gasteiger partial charge is 0.278 e. The maximum atomic E-state index is 13.7. The molecule has 1 atom stereocenters. The number of aromatic nitrogens is 3. The molecule has 2 aromatic heterocycles. The molecule has 0 radical (unpaired) electrons. The molecule has 31 heavy (non-hydrogen) atoms. The minimum atomic E-state index is -1.38. The molecule has 0 aliphatic carbocycles. The number of benzene rings is 1. The highest BCUT2D eigenvalue weighted by Gasteiger charge is 2.41. The van der Waals surface area contributed by atoms with Crippen LogP contribution >= 0.6 is 11.6 Å². The number of halogens is 2. The van der Waals surface area contributed by atoms with Gasteiger partial charge in [-0.3, -0.25) is 14.2 Å². The van der Waals surface area contributed by atoms with Gasteiger partial charge in [-0.1, -0.05) is 37.6 Å². The number of hydrogen-bond acceptors (Lipinski definition) is 4. The van der Waals surface area contributed by atoms with Crippen LogP contribution in [0.2, 0.25) is 5.02 Å². The predicted molar refractivity (Wildman–Crippen MR) is 116 cm³/mol. The van der Waals surface area contributed by atoms with Crippen LogP contribution in [-0.4, -0.2) is 48.9 Å². The second-order valence-corrected chi connectivity index (χ2v) is 9.11. The number of fused-ring (bicyclic) bond motifs is 1. The quantitative estimate of drug-likeness (QED) is 0.653. The molecule has 1 fully saturated rings. The lowest BCUT2D eigenvalue weighted by atomic mass is 9.99. The van der Waals surface area contributed by atoms with Crippen molar-refractivity contribution in [3.63, 3.8) is 0 Å². The van der Waals surface area contributed by atoms with Crippen LogP contribution in [0.1, 0.15) is 32.6 Å². The molecule has 3 aromatic rings. The number of aliphatic hydroxyl groups is 1. The molecule has 1 saturated heterocycles. The molecule has 9 heteroatoms. The standard InChI is InChI=1S/C22H24ClFN4O3/c1-13(2)20(30)17-8-16(14-5-4-6-15(23)7-14)19-21(31)26(12-25-28(17)19)9-18(29)27-10-22(3,24)11-27/h4-8,12-13,20,30H,9-11H2,1-3H3. The SMILES string of the molecule is CC(C)C(O)c1cc(-c2cccc(Cl)c2)c2c(=O)n(CC(=O)N3CC(C)(F)C3)cnn12. The van der Waals surface area contributed by atoms with Gasteiger partial charge in [0.05, 0.1) is 24.9 Å². The molecule has 1 N–H and O–H groups in total. The Labute approximate surface area is 183 Å².